The van der Waals surface area contributed by atoms with E-state index in [0.29, 0.717) is 13.0 Å². The molecule has 0 aromatic heterocycles. The number of anilines is 2. The van der Waals surface area contributed by atoms with Crippen LogP contribution in [0.15, 0.2) is 42.5 Å². The highest BCUT2D eigenvalue weighted by Gasteiger charge is 2.25. The van der Waals surface area contributed by atoms with Gasteiger partial charge in [0.2, 0.25) is 11.8 Å². The van der Waals surface area contributed by atoms with Gasteiger partial charge in [0.25, 0.3) is 0 Å². The first-order valence-corrected chi connectivity index (χ1v) is 8.50. The van der Waals surface area contributed by atoms with Gasteiger partial charge in [-0.2, -0.15) is 0 Å². The van der Waals surface area contributed by atoms with Crippen LogP contribution in [-0.4, -0.2) is 25.5 Å². The van der Waals surface area contributed by atoms with Crippen molar-refractivity contribution in [2.45, 2.75) is 25.4 Å². The Balaban J connectivity index is 1.46. The lowest BCUT2D eigenvalue weighted by molar-refractivity contribution is -0.119. The molecule has 1 N–H and O–H groups in total. The first-order valence-electron chi connectivity index (χ1n) is 8.50. The maximum absolute atomic E-state index is 12.5. The Hall–Kier alpha value is -2.66. The van der Waals surface area contributed by atoms with E-state index in [9.17, 15) is 9.59 Å². The largest absolute Gasteiger partial charge is 0.373 e. The minimum atomic E-state index is -0.202. The van der Waals surface area contributed by atoms with Gasteiger partial charge in [-0.3, -0.25) is 9.59 Å². The van der Waals surface area contributed by atoms with Gasteiger partial charge in [0, 0.05) is 18.4 Å². The van der Waals surface area contributed by atoms with Gasteiger partial charge in [-0.15, -0.1) is 0 Å². The fourth-order valence-corrected chi connectivity index (χ4v) is 3.57. The summed E-state index contributed by atoms with van der Waals surface area (Å²) in [5.41, 5.74) is 4.93. The average Bonchev–Trinajstić information content (AvgIpc) is 2.89. The van der Waals surface area contributed by atoms with Crippen LogP contribution in [0.3, 0.4) is 0 Å². The van der Waals surface area contributed by atoms with Gasteiger partial charge in [0.05, 0.1) is 25.6 Å². The number of carbonyl (C=O) groups excluding carboxylic acids is 2. The number of amides is 2. The molecule has 0 bridgehead atoms. The van der Waals surface area contributed by atoms with Crippen molar-refractivity contribution in [3.63, 3.8) is 0 Å². The quantitative estimate of drug-likeness (QED) is 0.938. The van der Waals surface area contributed by atoms with E-state index < -0.39 is 0 Å². The fourth-order valence-electron chi connectivity index (χ4n) is 3.57. The van der Waals surface area contributed by atoms with Crippen molar-refractivity contribution in [3.05, 3.63) is 59.2 Å². The molecule has 0 spiro atoms. The van der Waals surface area contributed by atoms with E-state index in [1.807, 2.05) is 36.4 Å². The number of ether oxygens (including phenoxy) is 1. The Morgan fingerprint density at radius 2 is 2.08 bits per heavy atom. The molecule has 0 saturated heterocycles. The van der Waals surface area contributed by atoms with Gasteiger partial charge in [-0.1, -0.05) is 24.3 Å². The highest BCUT2D eigenvalue weighted by atomic mass is 16.5. The number of likely N-dealkylation sites (N-methyl/N-ethyl adjacent to an activating group) is 1. The first-order chi connectivity index (χ1) is 12.1. The number of nitrogens with one attached hydrogen (secondary N) is 1. The van der Waals surface area contributed by atoms with Crippen LogP contribution in [0.1, 0.15) is 29.2 Å². The van der Waals surface area contributed by atoms with Gasteiger partial charge < -0.3 is 15.0 Å². The van der Waals surface area contributed by atoms with Crippen molar-refractivity contribution in [3.8, 4) is 0 Å². The molecule has 5 nitrogen and oxygen atoms in total. The number of benzene rings is 2. The molecule has 0 radical (unpaired) electrons. The van der Waals surface area contributed by atoms with Crippen LogP contribution in [0.4, 0.5) is 11.4 Å². The van der Waals surface area contributed by atoms with Crippen LogP contribution in [0.5, 0.6) is 0 Å². The minimum Gasteiger partial charge on any atom is -0.373 e. The standard InChI is InChI=1S/C20H20N2O3/c1-22-17-7-6-15(10-14(17)11-20(22)24)21-19(23)12-18-16-5-3-2-4-13(16)8-9-25-18/h2-7,10,18H,8-9,11-12H2,1H3,(H,21,23). The van der Waals surface area contributed by atoms with E-state index in [1.165, 1.54) is 5.56 Å². The number of fused-ring (bicyclic) bond motifs is 2. The van der Waals surface area contributed by atoms with Gasteiger partial charge in [-0.05, 0) is 41.3 Å². The Labute approximate surface area is 146 Å². The first kappa shape index (κ1) is 15.8. The van der Waals surface area contributed by atoms with E-state index in [2.05, 4.69) is 11.4 Å². The van der Waals surface area contributed by atoms with Crippen molar-refractivity contribution < 1.29 is 14.3 Å². The van der Waals surface area contributed by atoms with Crippen molar-refractivity contribution in [2.24, 2.45) is 0 Å². The Kier molecular flexibility index (Phi) is 4.01. The zero-order valence-corrected chi connectivity index (χ0v) is 14.1. The summed E-state index contributed by atoms with van der Waals surface area (Å²) in [7, 11) is 1.77. The molecule has 1 atom stereocenters. The second-order valence-corrected chi connectivity index (χ2v) is 6.53. The summed E-state index contributed by atoms with van der Waals surface area (Å²) in [4.78, 5) is 25.9. The number of nitrogens with zero attached hydrogens (tertiary/aromatic N) is 1. The van der Waals surface area contributed by atoms with E-state index >= 15 is 0 Å². The molecule has 128 valence electrons. The predicted octanol–water partition coefficient (Wildman–Crippen LogP) is 2.85. The molecule has 2 heterocycles. The fraction of sp³-hybridized carbons (Fsp3) is 0.300. The molecule has 2 amide bonds. The van der Waals surface area contributed by atoms with Crippen LogP contribution < -0.4 is 10.2 Å². The molecule has 2 aromatic carbocycles. The third-order valence-corrected chi connectivity index (χ3v) is 4.90. The lowest BCUT2D eigenvalue weighted by Crippen LogP contribution is -2.22. The normalized spacial score (nSPS) is 18.7. The van der Waals surface area contributed by atoms with Crippen molar-refractivity contribution in [1.29, 1.82) is 0 Å². The predicted molar refractivity (Wildman–Crippen MR) is 95.6 cm³/mol. The smallest absolute Gasteiger partial charge is 0.231 e. The number of hydrogen-bond acceptors (Lipinski definition) is 3. The lowest BCUT2D eigenvalue weighted by Gasteiger charge is -2.25. The third-order valence-electron chi connectivity index (χ3n) is 4.90. The van der Waals surface area contributed by atoms with Crippen molar-refractivity contribution in [2.75, 3.05) is 23.9 Å². The number of hydrogen-bond donors (Lipinski definition) is 1. The zero-order valence-electron chi connectivity index (χ0n) is 14.1. The van der Waals surface area contributed by atoms with Crippen LogP contribution in [-0.2, 0) is 27.2 Å². The Morgan fingerprint density at radius 3 is 2.96 bits per heavy atom. The molecular weight excluding hydrogens is 316 g/mol. The summed E-state index contributed by atoms with van der Waals surface area (Å²) < 4.78 is 5.80. The molecule has 2 aliphatic heterocycles. The van der Waals surface area contributed by atoms with Crippen LogP contribution in [0, 0.1) is 0 Å². The molecule has 1 unspecified atom stereocenters. The van der Waals surface area contributed by atoms with Gasteiger partial charge in [0.15, 0.2) is 0 Å². The molecule has 5 heteroatoms. The van der Waals surface area contributed by atoms with E-state index in [0.717, 1.165) is 28.9 Å². The number of rotatable bonds is 3. The molecule has 0 saturated carbocycles. The third kappa shape index (κ3) is 3.03. The molecule has 4 rings (SSSR count). The zero-order chi connectivity index (χ0) is 17.4. The molecule has 0 aliphatic carbocycles. The van der Waals surface area contributed by atoms with Crippen molar-refractivity contribution >= 4 is 23.2 Å². The summed E-state index contributed by atoms with van der Waals surface area (Å²) in [5.74, 6) is -0.00924. The van der Waals surface area contributed by atoms with Gasteiger partial charge in [-0.25, -0.2) is 0 Å². The van der Waals surface area contributed by atoms with Crippen LogP contribution in [0.25, 0.3) is 0 Å². The maximum atomic E-state index is 12.5. The van der Waals surface area contributed by atoms with Crippen LogP contribution in [0.2, 0.25) is 0 Å². The summed E-state index contributed by atoms with van der Waals surface area (Å²) in [6.07, 6.45) is 1.36. The topological polar surface area (TPSA) is 58.6 Å². The summed E-state index contributed by atoms with van der Waals surface area (Å²) >= 11 is 0. The highest BCUT2D eigenvalue weighted by Crippen LogP contribution is 2.32. The van der Waals surface area contributed by atoms with E-state index in [1.54, 1.807) is 11.9 Å². The molecule has 2 aliphatic rings. The van der Waals surface area contributed by atoms with Crippen molar-refractivity contribution in [1.82, 2.24) is 0 Å². The molecule has 0 fully saturated rings. The Bertz CT molecular complexity index is 847. The SMILES string of the molecule is CN1C(=O)Cc2cc(NC(=O)CC3OCCc4ccccc43)ccc21. The van der Waals surface area contributed by atoms with E-state index in [4.69, 9.17) is 4.74 Å². The molecule has 2 aromatic rings. The maximum Gasteiger partial charge on any atom is 0.231 e. The van der Waals surface area contributed by atoms with Gasteiger partial charge >= 0.3 is 0 Å². The second kappa shape index (κ2) is 6.33. The highest BCUT2D eigenvalue weighted by molar-refractivity contribution is 6.02. The van der Waals surface area contributed by atoms with Crippen LogP contribution >= 0.6 is 0 Å². The van der Waals surface area contributed by atoms with Gasteiger partial charge in [0.1, 0.15) is 0 Å². The summed E-state index contributed by atoms with van der Waals surface area (Å²) in [6, 6.07) is 13.7. The Morgan fingerprint density at radius 1 is 1.24 bits per heavy atom. The second-order valence-electron chi connectivity index (χ2n) is 6.53. The lowest BCUT2D eigenvalue weighted by atomic mass is 9.95. The molecule has 25 heavy (non-hydrogen) atoms. The van der Waals surface area contributed by atoms with E-state index in [-0.39, 0.29) is 24.3 Å². The summed E-state index contributed by atoms with van der Waals surface area (Å²) in [5, 5.41) is 2.93. The number of carbonyl (C=O) groups is 2. The molecular formula is C20H20N2O3. The minimum absolute atomic E-state index is 0.0747. The summed E-state index contributed by atoms with van der Waals surface area (Å²) in [6.45, 7) is 0.641. The monoisotopic (exact) mass is 336 g/mol. The average molecular weight is 336 g/mol.